The zero-order valence-electron chi connectivity index (χ0n) is 14.9. The number of alkyl carbamates (subject to hydrolysis) is 1. The van der Waals surface area contributed by atoms with Gasteiger partial charge in [0.1, 0.15) is 18.2 Å². The van der Waals surface area contributed by atoms with Gasteiger partial charge in [-0.25, -0.2) is 14.4 Å². The predicted octanol–water partition coefficient (Wildman–Crippen LogP) is 2.89. The molecule has 0 radical (unpaired) electrons. The fraction of sp³-hybridized carbons (Fsp3) is 0.211. The van der Waals surface area contributed by atoms with Crippen molar-refractivity contribution in [2.75, 3.05) is 7.11 Å². The molecule has 1 amide bonds. The maximum atomic E-state index is 12.1. The Labute approximate surface area is 168 Å². The third-order valence-electron chi connectivity index (χ3n) is 3.97. The van der Waals surface area contributed by atoms with Crippen LogP contribution in [0, 0.1) is 0 Å². The lowest BCUT2D eigenvalue weighted by Gasteiger charge is -2.17. The molecule has 0 aliphatic carbocycles. The Morgan fingerprint density at radius 3 is 2.68 bits per heavy atom. The van der Waals surface area contributed by atoms with Gasteiger partial charge in [0.15, 0.2) is 5.58 Å². The van der Waals surface area contributed by atoms with Crippen LogP contribution in [0.4, 0.5) is 4.79 Å². The maximum Gasteiger partial charge on any atom is 0.417 e. The smallest absolute Gasteiger partial charge is 0.417 e. The van der Waals surface area contributed by atoms with Gasteiger partial charge in [-0.1, -0.05) is 30.3 Å². The van der Waals surface area contributed by atoms with Crippen LogP contribution in [0.3, 0.4) is 0 Å². The number of rotatable bonds is 6. The summed E-state index contributed by atoms with van der Waals surface area (Å²) < 4.78 is 15.6. The number of aromatic nitrogens is 1. The van der Waals surface area contributed by atoms with Crippen LogP contribution in [0.15, 0.2) is 56.1 Å². The zero-order chi connectivity index (χ0) is 20.1. The van der Waals surface area contributed by atoms with Crippen LogP contribution in [0.1, 0.15) is 11.1 Å². The molecule has 0 unspecified atom stereocenters. The molecule has 1 atom stereocenters. The topological polar surface area (TPSA) is 111 Å². The predicted molar refractivity (Wildman–Crippen MR) is 104 cm³/mol. The highest BCUT2D eigenvalue weighted by atomic mass is 79.9. The first-order valence-corrected chi connectivity index (χ1v) is 9.12. The summed E-state index contributed by atoms with van der Waals surface area (Å²) in [6, 6.07) is 11.5. The number of hydrogen-bond donors (Lipinski definition) is 2. The van der Waals surface area contributed by atoms with Crippen molar-refractivity contribution in [2.24, 2.45) is 0 Å². The first-order chi connectivity index (χ1) is 13.5. The van der Waals surface area contributed by atoms with Crippen LogP contribution < -0.4 is 11.1 Å². The molecule has 2 N–H and O–H groups in total. The van der Waals surface area contributed by atoms with E-state index in [1.165, 1.54) is 7.11 Å². The van der Waals surface area contributed by atoms with Crippen molar-refractivity contribution in [1.82, 2.24) is 10.3 Å². The lowest BCUT2D eigenvalue weighted by atomic mass is 10.1. The molecule has 0 spiro atoms. The molecule has 2 aromatic carbocycles. The minimum Gasteiger partial charge on any atom is -0.467 e. The van der Waals surface area contributed by atoms with Crippen molar-refractivity contribution in [3.63, 3.8) is 0 Å². The Morgan fingerprint density at radius 1 is 1.21 bits per heavy atom. The summed E-state index contributed by atoms with van der Waals surface area (Å²) in [7, 11) is 1.23. The molecule has 8 nitrogen and oxygen atoms in total. The van der Waals surface area contributed by atoms with Crippen molar-refractivity contribution in [3.05, 3.63) is 68.6 Å². The normalized spacial score (nSPS) is 11.8. The SMILES string of the molecule is COC(=O)[C@@H](Cc1cc(Br)c2[nH]c(=O)oc2c1)NC(=O)OCc1ccccc1. The number of nitrogens with one attached hydrogen (secondary N) is 2. The van der Waals surface area contributed by atoms with Crippen LogP contribution in [0.25, 0.3) is 11.1 Å². The summed E-state index contributed by atoms with van der Waals surface area (Å²) >= 11 is 3.35. The van der Waals surface area contributed by atoms with Gasteiger partial charge in [0.25, 0.3) is 0 Å². The molecule has 0 aliphatic heterocycles. The second-order valence-corrected chi connectivity index (χ2v) is 6.81. The van der Waals surface area contributed by atoms with Gasteiger partial charge in [-0.05, 0) is 39.2 Å². The highest BCUT2D eigenvalue weighted by Crippen LogP contribution is 2.24. The molecular formula is C19H17BrN2O6. The standard InChI is InChI=1S/C19H17BrN2O6/c1-26-17(23)14(21-18(24)27-10-11-5-3-2-4-6-11)8-12-7-13(20)16-15(9-12)28-19(25)22-16/h2-7,9,14H,8,10H2,1H3,(H,21,24)(H,22,25)/t14-/m1/s1. The van der Waals surface area contributed by atoms with E-state index in [4.69, 9.17) is 13.9 Å². The number of oxazole rings is 1. The number of aromatic amines is 1. The van der Waals surface area contributed by atoms with Crippen LogP contribution in [0.5, 0.6) is 0 Å². The first-order valence-electron chi connectivity index (χ1n) is 8.32. The molecule has 1 heterocycles. The second-order valence-electron chi connectivity index (χ2n) is 5.95. The fourth-order valence-electron chi connectivity index (χ4n) is 2.66. The summed E-state index contributed by atoms with van der Waals surface area (Å²) in [6.07, 6.45) is -0.621. The first kappa shape index (κ1) is 19.7. The average molecular weight is 449 g/mol. The minimum atomic E-state index is -0.969. The van der Waals surface area contributed by atoms with Crippen molar-refractivity contribution in [2.45, 2.75) is 19.1 Å². The van der Waals surface area contributed by atoms with E-state index in [0.717, 1.165) is 5.56 Å². The number of amides is 1. The van der Waals surface area contributed by atoms with Gasteiger partial charge >= 0.3 is 17.8 Å². The zero-order valence-corrected chi connectivity index (χ0v) is 16.4. The van der Waals surface area contributed by atoms with Gasteiger partial charge in [-0.15, -0.1) is 0 Å². The molecule has 3 rings (SSSR count). The highest BCUT2D eigenvalue weighted by molar-refractivity contribution is 9.10. The summed E-state index contributed by atoms with van der Waals surface area (Å²) in [5.74, 6) is -1.21. The Morgan fingerprint density at radius 2 is 1.96 bits per heavy atom. The maximum absolute atomic E-state index is 12.1. The number of hydrogen-bond acceptors (Lipinski definition) is 6. The Bertz CT molecular complexity index is 1040. The number of esters is 1. The van der Waals surface area contributed by atoms with E-state index in [1.807, 2.05) is 30.3 Å². The van der Waals surface area contributed by atoms with E-state index in [-0.39, 0.29) is 13.0 Å². The summed E-state index contributed by atoms with van der Waals surface area (Å²) in [5, 5.41) is 2.51. The van der Waals surface area contributed by atoms with Crippen molar-refractivity contribution >= 4 is 39.1 Å². The summed E-state index contributed by atoms with van der Waals surface area (Å²) in [6.45, 7) is 0.0760. The molecular weight excluding hydrogens is 432 g/mol. The lowest BCUT2D eigenvalue weighted by molar-refractivity contribution is -0.143. The number of H-pyrrole nitrogens is 1. The van der Waals surface area contributed by atoms with E-state index >= 15 is 0 Å². The lowest BCUT2D eigenvalue weighted by Crippen LogP contribution is -2.43. The molecule has 28 heavy (non-hydrogen) atoms. The Kier molecular flexibility index (Phi) is 6.15. The number of halogens is 1. The molecule has 0 saturated heterocycles. The van der Waals surface area contributed by atoms with E-state index in [1.54, 1.807) is 12.1 Å². The third kappa shape index (κ3) is 4.80. The van der Waals surface area contributed by atoms with Crippen LogP contribution in [-0.4, -0.2) is 30.2 Å². The van der Waals surface area contributed by atoms with Crippen molar-refractivity contribution in [1.29, 1.82) is 0 Å². The number of carbonyl (C=O) groups excluding carboxylic acids is 2. The molecule has 0 aliphatic rings. The third-order valence-corrected chi connectivity index (χ3v) is 4.60. The number of benzene rings is 2. The van der Waals surface area contributed by atoms with E-state index in [0.29, 0.717) is 21.1 Å². The van der Waals surface area contributed by atoms with Crippen LogP contribution in [0.2, 0.25) is 0 Å². The second kappa shape index (κ2) is 8.75. The number of fused-ring (bicyclic) bond motifs is 1. The van der Waals surface area contributed by atoms with Gasteiger partial charge in [0, 0.05) is 10.9 Å². The number of methoxy groups -OCH3 is 1. The van der Waals surface area contributed by atoms with Gasteiger partial charge < -0.3 is 19.2 Å². The molecule has 146 valence electrons. The van der Waals surface area contributed by atoms with Gasteiger partial charge in [0.2, 0.25) is 0 Å². The molecule has 9 heteroatoms. The van der Waals surface area contributed by atoms with E-state index in [9.17, 15) is 14.4 Å². The monoisotopic (exact) mass is 448 g/mol. The molecule has 0 fully saturated rings. The van der Waals surface area contributed by atoms with Gasteiger partial charge in [-0.2, -0.15) is 0 Å². The Hall–Kier alpha value is -3.07. The number of ether oxygens (including phenoxy) is 2. The largest absolute Gasteiger partial charge is 0.467 e. The molecule has 1 aromatic heterocycles. The van der Waals surface area contributed by atoms with Gasteiger partial charge in [0.05, 0.1) is 7.11 Å². The average Bonchev–Trinajstić information content (AvgIpc) is 3.07. The fourth-order valence-corrected chi connectivity index (χ4v) is 3.25. The molecule has 0 saturated carbocycles. The quantitative estimate of drug-likeness (QED) is 0.560. The van der Waals surface area contributed by atoms with Crippen molar-refractivity contribution in [3.8, 4) is 0 Å². The minimum absolute atomic E-state index is 0.0760. The summed E-state index contributed by atoms with van der Waals surface area (Å²) in [5.41, 5.74) is 2.33. The summed E-state index contributed by atoms with van der Waals surface area (Å²) in [4.78, 5) is 38.1. The van der Waals surface area contributed by atoms with Crippen LogP contribution in [-0.2, 0) is 27.3 Å². The number of carbonyl (C=O) groups is 2. The van der Waals surface area contributed by atoms with Crippen molar-refractivity contribution < 1.29 is 23.5 Å². The molecule has 3 aromatic rings. The van der Waals surface area contributed by atoms with E-state index in [2.05, 4.69) is 26.2 Å². The highest BCUT2D eigenvalue weighted by Gasteiger charge is 2.23. The van der Waals surface area contributed by atoms with Crippen LogP contribution >= 0.6 is 15.9 Å². The van der Waals surface area contributed by atoms with E-state index < -0.39 is 23.9 Å². The molecule has 0 bridgehead atoms. The van der Waals surface area contributed by atoms with Gasteiger partial charge in [-0.3, -0.25) is 4.98 Å². The Balaban J connectivity index is 1.70.